The Balaban J connectivity index is 2.03. The van der Waals surface area contributed by atoms with Crippen LogP contribution in [-0.4, -0.2) is 23.8 Å². The van der Waals surface area contributed by atoms with E-state index in [0.717, 1.165) is 0 Å². The van der Waals surface area contributed by atoms with Gasteiger partial charge in [0.25, 0.3) is 0 Å². The zero-order valence-electron chi connectivity index (χ0n) is 15.0. The van der Waals surface area contributed by atoms with Gasteiger partial charge in [0.05, 0.1) is 37.7 Å². The summed E-state index contributed by atoms with van der Waals surface area (Å²) in [6, 6.07) is 9.55. The van der Waals surface area contributed by atoms with E-state index < -0.39 is 11.4 Å². The molecule has 0 amide bonds. The molecule has 0 bridgehead atoms. The van der Waals surface area contributed by atoms with Crippen molar-refractivity contribution in [3.63, 3.8) is 0 Å². The number of methoxy groups -OCH3 is 2. The van der Waals surface area contributed by atoms with Crippen molar-refractivity contribution < 1.29 is 13.9 Å². The minimum atomic E-state index is -0.544. The standard InChI is InChI=1S/C19H16Cl2FN3O3/c1-27-15-5-3-4-14(17(15)21)23-19-24-18(26)16(28-2)10-25(19)9-11-6-7-13(22)12(20)8-11/h3-8,10H,9H2,1-2H3,(H,23,24,26). The zero-order valence-corrected chi connectivity index (χ0v) is 16.5. The maximum atomic E-state index is 13.4. The third-order valence-electron chi connectivity index (χ3n) is 3.95. The molecule has 1 N–H and O–H groups in total. The van der Waals surface area contributed by atoms with Crippen molar-refractivity contribution >= 4 is 34.8 Å². The summed E-state index contributed by atoms with van der Waals surface area (Å²) in [6.45, 7) is 0.258. The van der Waals surface area contributed by atoms with Crippen molar-refractivity contribution in [2.75, 3.05) is 19.5 Å². The van der Waals surface area contributed by atoms with Gasteiger partial charge in [-0.1, -0.05) is 35.3 Å². The molecule has 9 heteroatoms. The first-order chi connectivity index (χ1) is 13.4. The van der Waals surface area contributed by atoms with E-state index in [-0.39, 0.29) is 23.3 Å². The molecule has 1 heterocycles. The summed E-state index contributed by atoms with van der Waals surface area (Å²) >= 11 is 12.2. The van der Waals surface area contributed by atoms with Crippen LogP contribution in [0.3, 0.4) is 0 Å². The minimum absolute atomic E-state index is 0.00354. The fraction of sp³-hybridized carbons (Fsp3) is 0.158. The van der Waals surface area contributed by atoms with Crippen LogP contribution >= 0.6 is 23.2 Å². The number of anilines is 2. The van der Waals surface area contributed by atoms with Gasteiger partial charge in [0.1, 0.15) is 16.6 Å². The summed E-state index contributed by atoms with van der Waals surface area (Å²) in [6.07, 6.45) is 1.50. The molecule has 3 rings (SSSR count). The van der Waals surface area contributed by atoms with Crippen molar-refractivity contribution in [3.8, 4) is 11.5 Å². The van der Waals surface area contributed by atoms with Gasteiger partial charge in [-0.05, 0) is 29.8 Å². The summed E-state index contributed by atoms with van der Waals surface area (Å²) in [4.78, 5) is 16.2. The zero-order chi connectivity index (χ0) is 20.3. The number of halogens is 3. The maximum Gasteiger partial charge on any atom is 0.316 e. The van der Waals surface area contributed by atoms with Crippen LogP contribution < -0.4 is 20.3 Å². The predicted molar refractivity (Wildman–Crippen MR) is 107 cm³/mol. The highest BCUT2D eigenvalue weighted by molar-refractivity contribution is 6.34. The SMILES string of the molecule is COc1cccc(Nc2nc(=O)c(OC)cn2Cc2ccc(F)c(Cl)c2)c1Cl. The third kappa shape index (κ3) is 4.21. The van der Waals surface area contributed by atoms with Crippen LogP contribution in [0.15, 0.2) is 47.4 Å². The lowest BCUT2D eigenvalue weighted by atomic mass is 10.2. The fourth-order valence-electron chi connectivity index (χ4n) is 2.55. The molecule has 6 nitrogen and oxygen atoms in total. The highest BCUT2D eigenvalue weighted by Crippen LogP contribution is 2.33. The molecule has 0 saturated heterocycles. The predicted octanol–water partition coefficient (Wildman–Crippen LogP) is 4.50. The highest BCUT2D eigenvalue weighted by Gasteiger charge is 2.13. The molecule has 0 aliphatic heterocycles. The molecule has 1 aromatic heterocycles. The molecule has 0 saturated carbocycles. The molecule has 146 valence electrons. The maximum absolute atomic E-state index is 13.4. The second kappa shape index (κ2) is 8.50. The summed E-state index contributed by atoms with van der Waals surface area (Å²) in [5, 5.41) is 3.37. The summed E-state index contributed by atoms with van der Waals surface area (Å²) < 4.78 is 25.4. The molecular formula is C19H16Cl2FN3O3. The van der Waals surface area contributed by atoms with Gasteiger partial charge in [-0.15, -0.1) is 0 Å². The number of nitrogens with zero attached hydrogens (tertiary/aromatic N) is 2. The summed E-state index contributed by atoms with van der Waals surface area (Å²) in [5.41, 5.74) is 0.667. The molecule has 0 unspecified atom stereocenters. The number of rotatable bonds is 6. The number of hydrogen-bond acceptors (Lipinski definition) is 5. The average molecular weight is 424 g/mol. The number of hydrogen-bond donors (Lipinski definition) is 1. The van der Waals surface area contributed by atoms with Gasteiger partial charge in [0, 0.05) is 0 Å². The van der Waals surface area contributed by atoms with Gasteiger partial charge in [0.15, 0.2) is 0 Å². The highest BCUT2D eigenvalue weighted by atomic mass is 35.5. The van der Waals surface area contributed by atoms with Crippen LogP contribution in [0.5, 0.6) is 11.5 Å². The van der Waals surface area contributed by atoms with Gasteiger partial charge in [-0.3, -0.25) is 4.79 Å². The van der Waals surface area contributed by atoms with Crippen LogP contribution in [0.25, 0.3) is 0 Å². The van der Waals surface area contributed by atoms with E-state index in [1.165, 1.54) is 32.5 Å². The number of nitrogens with one attached hydrogen (secondary N) is 1. The Labute approximate surface area is 170 Å². The quantitative estimate of drug-likeness (QED) is 0.632. The Morgan fingerprint density at radius 2 is 1.89 bits per heavy atom. The van der Waals surface area contributed by atoms with Crippen LogP contribution in [0, 0.1) is 5.82 Å². The van der Waals surface area contributed by atoms with E-state index in [2.05, 4.69) is 10.3 Å². The van der Waals surface area contributed by atoms with Gasteiger partial charge in [-0.25, -0.2) is 4.39 Å². The average Bonchev–Trinajstić information content (AvgIpc) is 2.68. The minimum Gasteiger partial charge on any atom is -0.495 e. The van der Waals surface area contributed by atoms with E-state index >= 15 is 0 Å². The second-order valence-corrected chi connectivity index (χ2v) is 6.55. The Hall–Kier alpha value is -2.77. The van der Waals surface area contributed by atoms with Gasteiger partial charge < -0.3 is 19.4 Å². The Kier molecular flexibility index (Phi) is 6.06. The number of ether oxygens (including phenoxy) is 2. The molecule has 28 heavy (non-hydrogen) atoms. The lowest BCUT2D eigenvalue weighted by Gasteiger charge is -2.16. The molecule has 0 fully saturated rings. The fourth-order valence-corrected chi connectivity index (χ4v) is 3.01. The van der Waals surface area contributed by atoms with E-state index in [1.807, 2.05) is 0 Å². The monoisotopic (exact) mass is 423 g/mol. The van der Waals surface area contributed by atoms with E-state index in [1.54, 1.807) is 28.8 Å². The first-order valence-corrected chi connectivity index (χ1v) is 8.87. The Morgan fingerprint density at radius 1 is 1.14 bits per heavy atom. The van der Waals surface area contributed by atoms with Gasteiger partial charge in [-0.2, -0.15) is 4.98 Å². The van der Waals surface area contributed by atoms with E-state index in [9.17, 15) is 9.18 Å². The van der Waals surface area contributed by atoms with Crippen molar-refractivity contribution in [3.05, 3.63) is 74.4 Å². The van der Waals surface area contributed by atoms with Crippen LogP contribution in [0.1, 0.15) is 5.56 Å². The molecule has 0 spiro atoms. The van der Waals surface area contributed by atoms with Crippen molar-refractivity contribution in [1.82, 2.24) is 9.55 Å². The first kappa shape index (κ1) is 20.0. The Morgan fingerprint density at radius 3 is 2.57 bits per heavy atom. The summed E-state index contributed by atoms with van der Waals surface area (Å²) in [7, 11) is 2.88. The lowest BCUT2D eigenvalue weighted by molar-refractivity contribution is 0.402. The van der Waals surface area contributed by atoms with Crippen LogP contribution in [0.2, 0.25) is 10.0 Å². The second-order valence-electron chi connectivity index (χ2n) is 5.76. The molecular weight excluding hydrogens is 408 g/mol. The topological polar surface area (TPSA) is 65.4 Å². The van der Waals surface area contributed by atoms with Crippen molar-refractivity contribution in [2.24, 2.45) is 0 Å². The molecule has 2 aromatic carbocycles. The van der Waals surface area contributed by atoms with E-state index in [0.29, 0.717) is 22.0 Å². The molecule has 3 aromatic rings. The molecule has 0 aliphatic rings. The van der Waals surface area contributed by atoms with E-state index in [4.69, 9.17) is 32.7 Å². The molecule has 0 aliphatic carbocycles. The third-order valence-corrected chi connectivity index (χ3v) is 4.63. The van der Waals surface area contributed by atoms with Crippen LogP contribution in [-0.2, 0) is 6.54 Å². The summed E-state index contributed by atoms with van der Waals surface area (Å²) in [5.74, 6) is 0.249. The first-order valence-electron chi connectivity index (χ1n) is 8.12. The lowest BCUT2D eigenvalue weighted by Crippen LogP contribution is -2.18. The molecule has 0 atom stereocenters. The number of benzene rings is 2. The smallest absolute Gasteiger partial charge is 0.316 e. The van der Waals surface area contributed by atoms with Crippen molar-refractivity contribution in [2.45, 2.75) is 6.54 Å². The number of aromatic nitrogens is 2. The van der Waals surface area contributed by atoms with Gasteiger partial charge in [0.2, 0.25) is 11.7 Å². The van der Waals surface area contributed by atoms with Gasteiger partial charge >= 0.3 is 5.56 Å². The molecule has 0 radical (unpaired) electrons. The largest absolute Gasteiger partial charge is 0.495 e. The van der Waals surface area contributed by atoms with Crippen molar-refractivity contribution in [1.29, 1.82) is 0 Å². The normalized spacial score (nSPS) is 10.6. The Bertz CT molecular complexity index is 1070. The van der Waals surface area contributed by atoms with Crippen LogP contribution in [0.4, 0.5) is 16.0 Å².